The predicted octanol–water partition coefficient (Wildman–Crippen LogP) is 3.27. The standard InChI is InChI=1S/C14H21NO2S/c1-10-9-12(7-8-13(10)17-6)11(2)15-18(16)14(3,4)5/h7-9H,1-6H3/b15-11+/t18-/m0/s1. The lowest BCUT2D eigenvalue weighted by Crippen LogP contribution is -2.20. The van der Waals surface area contributed by atoms with Crippen molar-refractivity contribution in [1.29, 1.82) is 0 Å². The molecule has 1 rings (SSSR count). The Morgan fingerprint density at radius 1 is 1.33 bits per heavy atom. The van der Waals surface area contributed by atoms with E-state index >= 15 is 0 Å². The van der Waals surface area contributed by atoms with E-state index in [1.807, 2.05) is 52.8 Å². The summed E-state index contributed by atoms with van der Waals surface area (Å²) < 4.78 is 21.1. The van der Waals surface area contributed by atoms with Crippen LogP contribution in [0.5, 0.6) is 5.75 Å². The number of rotatable bonds is 3. The molecule has 0 aliphatic rings. The summed E-state index contributed by atoms with van der Waals surface area (Å²) in [5.74, 6) is 0.850. The summed E-state index contributed by atoms with van der Waals surface area (Å²) in [6, 6.07) is 5.84. The van der Waals surface area contributed by atoms with Crippen LogP contribution < -0.4 is 4.74 Å². The molecule has 0 aromatic heterocycles. The normalized spacial score (nSPS) is 14.4. The molecule has 18 heavy (non-hydrogen) atoms. The molecule has 0 radical (unpaired) electrons. The SMILES string of the molecule is COc1ccc(/C(C)=N/[S@@](=O)C(C)(C)C)cc1C. The average molecular weight is 267 g/mol. The van der Waals surface area contributed by atoms with Crippen molar-refractivity contribution in [2.75, 3.05) is 7.11 Å². The minimum Gasteiger partial charge on any atom is -0.496 e. The zero-order valence-corrected chi connectivity index (χ0v) is 12.7. The summed E-state index contributed by atoms with van der Waals surface area (Å²) in [6.45, 7) is 9.61. The fourth-order valence-corrected chi connectivity index (χ4v) is 2.05. The summed E-state index contributed by atoms with van der Waals surface area (Å²) in [5.41, 5.74) is 2.81. The van der Waals surface area contributed by atoms with Crippen molar-refractivity contribution in [3.63, 3.8) is 0 Å². The van der Waals surface area contributed by atoms with Gasteiger partial charge in [-0.25, -0.2) is 4.21 Å². The van der Waals surface area contributed by atoms with Crippen molar-refractivity contribution < 1.29 is 8.95 Å². The zero-order valence-electron chi connectivity index (χ0n) is 11.9. The summed E-state index contributed by atoms with van der Waals surface area (Å²) in [4.78, 5) is 0. The van der Waals surface area contributed by atoms with Crippen LogP contribution >= 0.6 is 0 Å². The Kier molecular flexibility index (Phi) is 4.68. The van der Waals surface area contributed by atoms with Gasteiger partial charge in [-0.15, -0.1) is 0 Å². The lowest BCUT2D eigenvalue weighted by atomic mass is 10.1. The van der Waals surface area contributed by atoms with Crippen LogP contribution in [0.2, 0.25) is 0 Å². The van der Waals surface area contributed by atoms with E-state index in [9.17, 15) is 4.21 Å². The molecule has 0 fully saturated rings. The minimum absolute atomic E-state index is 0.331. The zero-order chi connectivity index (χ0) is 13.9. The molecule has 4 heteroatoms. The third-order valence-electron chi connectivity index (χ3n) is 2.56. The lowest BCUT2D eigenvalue weighted by molar-refractivity contribution is 0.411. The fourth-order valence-electron chi connectivity index (χ4n) is 1.42. The molecular formula is C14H21NO2S. The van der Waals surface area contributed by atoms with E-state index < -0.39 is 11.0 Å². The van der Waals surface area contributed by atoms with Gasteiger partial charge in [-0.3, -0.25) is 0 Å². The fraction of sp³-hybridized carbons (Fsp3) is 0.500. The van der Waals surface area contributed by atoms with Gasteiger partial charge < -0.3 is 4.74 Å². The van der Waals surface area contributed by atoms with Crippen molar-refractivity contribution in [3.05, 3.63) is 29.3 Å². The molecule has 0 bridgehead atoms. The quantitative estimate of drug-likeness (QED) is 0.788. The van der Waals surface area contributed by atoms with Gasteiger partial charge in [0.15, 0.2) is 0 Å². The van der Waals surface area contributed by atoms with Crippen LogP contribution in [0.1, 0.15) is 38.8 Å². The van der Waals surface area contributed by atoms with Crippen molar-refractivity contribution in [2.24, 2.45) is 4.40 Å². The molecule has 0 N–H and O–H groups in total. The van der Waals surface area contributed by atoms with E-state index in [1.54, 1.807) is 7.11 Å². The maximum Gasteiger partial charge on any atom is 0.145 e. The van der Waals surface area contributed by atoms with Crippen molar-refractivity contribution in [3.8, 4) is 5.75 Å². The molecule has 100 valence electrons. The predicted molar refractivity (Wildman–Crippen MR) is 77.8 cm³/mol. The number of ether oxygens (including phenoxy) is 1. The van der Waals surface area contributed by atoms with Gasteiger partial charge in [-0.2, -0.15) is 4.40 Å². The van der Waals surface area contributed by atoms with Gasteiger partial charge in [0.1, 0.15) is 16.7 Å². The van der Waals surface area contributed by atoms with Crippen LogP contribution in [0.4, 0.5) is 0 Å². The largest absolute Gasteiger partial charge is 0.496 e. The smallest absolute Gasteiger partial charge is 0.145 e. The average Bonchev–Trinajstić information content (AvgIpc) is 2.27. The Morgan fingerprint density at radius 2 is 1.94 bits per heavy atom. The van der Waals surface area contributed by atoms with Gasteiger partial charge >= 0.3 is 0 Å². The molecular weight excluding hydrogens is 246 g/mol. The minimum atomic E-state index is -1.22. The summed E-state index contributed by atoms with van der Waals surface area (Å²) >= 11 is 0. The first-order valence-corrected chi connectivity index (χ1v) is 6.98. The molecule has 0 aliphatic heterocycles. The van der Waals surface area contributed by atoms with Gasteiger partial charge in [0.05, 0.1) is 17.6 Å². The van der Waals surface area contributed by atoms with Crippen LogP contribution in [-0.4, -0.2) is 21.8 Å². The van der Waals surface area contributed by atoms with Crippen LogP contribution in [0.3, 0.4) is 0 Å². The molecule has 1 aromatic carbocycles. The molecule has 1 atom stereocenters. The van der Waals surface area contributed by atoms with E-state index in [0.29, 0.717) is 0 Å². The molecule has 1 aromatic rings. The monoisotopic (exact) mass is 267 g/mol. The van der Waals surface area contributed by atoms with Crippen molar-refractivity contribution in [2.45, 2.75) is 39.4 Å². The highest BCUT2D eigenvalue weighted by molar-refractivity contribution is 7.85. The number of hydrogen-bond donors (Lipinski definition) is 0. The van der Waals surface area contributed by atoms with E-state index in [4.69, 9.17) is 4.74 Å². The number of aryl methyl sites for hydroxylation is 1. The molecule has 0 heterocycles. The summed E-state index contributed by atoms with van der Waals surface area (Å²) in [5, 5.41) is 0. The second-order valence-electron chi connectivity index (χ2n) is 5.22. The Labute approximate surface area is 112 Å². The lowest BCUT2D eigenvalue weighted by Gasteiger charge is -2.14. The van der Waals surface area contributed by atoms with Crippen LogP contribution in [0, 0.1) is 6.92 Å². The molecule has 3 nitrogen and oxygen atoms in total. The Hall–Kier alpha value is -1.16. The van der Waals surface area contributed by atoms with E-state index in [-0.39, 0.29) is 4.75 Å². The third kappa shape index (κ3) is 3.67. The highest BCUT2D eigenvalue weighted by atomic mass is 32.2. The van der Waals surface area contributed by atoms with Crippen molar-refractivity contribution >= 4 is 16.7 Å². The highest BCUT2D eigenvalue weighted by Crippen LogP contribution is 2.20. The highest BCUT2D eigenvalue weighted by Gasteiger charge is 2.19. The van der Waals surface area contributed by atoms with Crippen LogP contribution in [-0.2, 0) is 11.0 Å². The van der Waals surface area contributed by atoms with Crippen molar-refractivity contribution in [1.82, 2.24) is 0 Å². The first-order chi connectivity index (χ1) is 8.25. The topological polar surface area (TPSA) is 38.7 Å². The second kappa shape index (κ2) is 5.65. The molecule has 0 saturated carbocycles. The van der Waals surface area contributed by atoms with E-state index in [1.165, 1.54) is 0 Å². The first-order valence-electron chi connectivity index (χ1n) is 5.88. The maximum atomic E-state index is 12.0. The Balaban J connectivity index is 3.05. The summed E-state index contributed by atoms with van der Waals surface area (Å²) in [6.07, 6.45) is 0. The van der Waals surface area contributed by atoms with Gasteiger partial charge in [-0.05, 0) is 63.9 Å². The number of hydrogen-bond acceptors (Lipinski definition) is 2. The van der Waals surface area contributed by atoms with E-state index in [2.05, 4.69) is 4.40 Å². The van der Waals surface area contributed by atoms with Gasteiger partial charge in [-0.1, -0.05) is 0 Å². The Morgan fingerprint density at radius 3 is 2.39 bits per heavy atom. The molecule has 0 amide bonds. The molecule has 0 saturated heterocycles. The number of nitrogens with zero attached hydrogens (tertiary/aromatic N) is 1. The second-order valence-corrected chi connectivity index (χ2v) is 7.13. The van der Waals surface area contributed by atoms with Crippen LogP contribution in [0.15, 0.2) is 22.6 Å². The molecule has 0 spiro atoms. The third-order valence-corrected chi connectivity index (χ3v) is 4.04. The van der Waals surface area contributed by atoms with Gasteiger partial charge in [0, 0.05) is 0 Å². The number of benzene rings is 1. The van der Waals surface area contributed by atoms with Gasteiger partial charge in [0.25, 0.3) is 0 Å². The van der Waals surface area contributed by atoms with Gasteiger partial charge in [0.2, 0.25) is 0 Å². The summed E-state index contributed by atoms with van der Waals surface area (Å²) in [7, 11) is 0.425. The Bertz CT molecular complexity index is 487. The number of methoxy groups -OCH3 is 1. The van der Waals surface area contributed by atoms with E-state index in [0.717, 1.165) is 22.6 Å². The molecule has 0 unspecified atom stereocenters. The first kappa shape index (κ1) is 14.9. The maximum absolute atomic E-state index is 12.0. The van der Waals surface area contributed by atoms with Crippen LogP contribution in [0.25, 0.3) is 0 Å². The molecule has 0 aliphatic carbocycles.